The quantitative estimate of drug-likeness (QED) is 0.108. The molecule has 0 N–H and O–H groups in total. The average molecular weight is 646 g/mol. The summed E-state index contributed by atoms with van der Waals surface area (Å²) in [7, 11) is 10.3. The maximum absolute atomic E-state index is 5.13. The van der Waals surface area contributed by atoms with Gasteiger partial charge in [-0.15, -0.1) is 0 Å². The molecular weight excluding hydrogens is 590 g/mol. The molecule has 172 valence electrons. The Bertz CT molecular complexity index is 237. The van der Waals surface area contributed by atoms with Crippen LogP contribution in [0.4, 0.5) is 0 Å². The Hall–Kier alpha value is 2.30. The van der Waals surface area contributed by atoms with E-state index in [4.69, 9.17) is 19.6 Å². The number of hydrogen-bond acceptors (Lipinski definition) is 2. The predicted octanol–water partition coefficient (Wildman–Crippen LogP) is 10.5. The molecule has 0 aromatic rings. The van der Waals surface area contributed by atoms with Gasteiger partial charge in [0.25, 0.3) is 0 Å². The minimum atomic E-state index is -1.87. The Balaban J connectivity index is 0. The molecule has 0 aliphatic heterocycles. The molecule has 0 spiro atoms. The standard InChI is InChI=1S/6C4H9.2H2S.2Sn/c6*1-3-4-2;;;;/h6*1,3-4H2,2H3;2*1H2;;/q;;;;;;;;2*+1/p-2. The van der Waals surface area contributed by atoms with Crippen LogP contribution in [0.2, 0.25) is 26.6 Å². The van der Waals surface area contributed by atoms with E-state index < -0.39 is 34.0 Å². The third kappa shape index (κ3) is 20.2. The van der Waals surface area contributed by atoms with E-state index in [1.54, 1.807) is 0 Å². The Morgan fingerprint density at radius 3 is 0.607 bits per heavy atom. The van der Waals surface area contributed by atoms with Crippen LogP contribution in [0.25, 0.3) is 0 Å². The van der Waals surface area contributed by atoms with Gasteiger partial charge in [-0.2, -0.15) is 0 Å². The van der Waals surface area contributed by atoms with Crippen LogP contribution in [0.5, 0.6) is 0 Å². The molecule has 0 aliphatic carbocycles. The number of thiol groups is 2. The first-order valence-corrected chi connectivity index (χ1v) is 33.5. The summed E-state index contributed by atoms with van der Waals surface area (Å²) in [6.45, 7) is 13.8. The molecule has 0 unspecified atom stereocenters. The summed E-state index contributed by atoms with van der Waals surface area (Å²) in [4.78, 5) is 0. The first-order valence-electron chi connectivity index (χ1n) is 12.8. The number of hydrogen-bond donors (Lipinski definition) is 2. The number of rotatable bonds is 18. The molecule has 0 bridgehead atoms. The van der Waals surface area contributed by atoms with E-state index in [9.17, 15) is 0 Å². The van der Waals surface area contributed by atoms with Gasteiger partial charge in [0.2, 0.25) is 0 Å². The second-order valence-corrected chi connectivity index (χ2v) is 44.3. The van der Waals surface area contributed by atoms with Crippen molar-refractivity contribution in [3.63, 3.8) is 0 Å². The number of unbranched alkanes of at least 4 members (excludes halogenated alkanes) is 6. The summed E-state index contributed by atoms with van der Waals surface area (Å²) < 4.78 is 9.13. The molecule has 0 atom stereocenters. The summed E-state index contributed by atoms with van der Waals surface area (Å²) in [6.07, 6.45) is 16.8. The minimum absolute atomic E-state index is 1.36. The average Bonchev–Trinajstić information content (AvgIpc) is 2.71. The van der Waals surface area contributed by atoms with Gasteiger partial charge in [-0.05, 0) is 0 Å². The van der Waals surface area contributed by atoms with Crippen LogP contribution in [0, 0.1) is 0 Å². The van der Waals surface area contributed by atoms with Crippen molar-refractivity contribution in [1.29, 1.82) is 0 Å². The van der Waals surface area contributed by atoms with Crippen molar-refractivity contribution in [2.24, 2.45) is 0 Å². The van der Waals surface area contributed by atoms with Crippen molar-refractivity contribution < 1.29 is 0 Å². The van der Waals surface area contributed by atoms with Crippen molar-refractivity contribution in [3.8, 4) is 0 Å². The van der Waals surface area contributed by atoms with Gasteiger partial charge in [0.05, 0.1) is 0 Å². The molecule has 0 aliphatic rings. The molecule has 0 saturated carbocycles. The Kier molecular flexibility index (Phi) is 26.1. The summed E-state index contributed by atoms with van der Waals surface area (Å²) >= 11 is -3.74. The van der Waals surface area contributed by atoms with Crippen molar-refractivity contribution in [2.45, 2.75) is 145 Å². The molecular formula is C24H56S2Sn2. The van der Waals surface area contributed by atoms with Gasteiger partial charge in [-0.1, -0.05) is 0 Å². The zero-order valence-corrected chi connectivity index (χ0v) is 28.1. The van der Waals surface area contributed by atoms with Gasteiger partial charge in [-0.3, -0.25) is 0 Å². The Morgan fingerprint density at radius 1 is 0.357 bits per heavy atom. The summed E-state index contributed by atoms with van der Waals surface area (Å²) in [5, 5.41) is 0. The molecule has 4 heteroatoms. The van der Waals surface area contributed by atoms with E-state index in [1.807, 2.05) is 0 Å². The van der Waals surface area contributed by atoms with Gasteiger partial charge in [-0.25, -0.2) is 0 Å². The predicted molar refractivity (Wildman–Crippen MR) is 148 cm³/mol. The molecule has 0 aromatic heterocycles. The molecule has 0 saturated heterocycles. The second-order valence-electron chi connectivity index (χ2n) is 9.07. The van der Waals surface area contributed by atoms with Crippen LogP contribution in [-0.2, 0) is 0 Å². The maximum atomic E-state index is 5.13. The summed E-state index contributed by atoms with van der Waals surface area (Å²) in [5.41, 5.74) is 0. The van der Waals surface area contributed by atoms with Crippen molar-refractivity contribution in [3.05, 3.63) is 0 Å². The normalized spacial score (nSPS) is 12.0. The zero-order chi connectivity index (χ0) is 21.7. The summed E-state index contributed by atoms with van der Waals surface area (Å²) in [5.74, 6) is 0. The van der Waals surface area contributed by atoms with Gasteiger partial charge in [0, 0.05) is 0 Å². The van der Waals surface area contributed by atoms with E-state index in [0.717, 1.165) is 0 Å². The monoisotopic (exact) mass is 648 g/mol. The molecule has 0 nitrogen and oxygen atoms in total. The SMILES string of the molecule is CCC[CH2][Sn]([SH])([CH2]CCC)[CH2]CCC.CCC[CH2][Sn]([SH])([CH2]CCC)[CH2]CCC. The molecule has 0 rings (SSSR count). The van der Waals surface area contributed by atoms with Crippen LogP contribution < -0.4 is 0 Å². The van der Waals surface area contributed by atoms with Crippen molar-refractivity contribution >= 4 is 53.6 Å². The van der Waals surface area contributed by atoms with Crippen LogP contribution in [0.15, 0.2) is 0 Å². The third-order valence-electron chi connectivity index (χ3n) is 5.97. The fourth-order valence-electron chi connectivity index (χ4n) is 3.79. The Labute approximate surface area is 197 Å². The van der Waals surface area contributed by atoms with Gasteiger partial charge in [0.1, 0.15) is 0 Å². The summed E-state index contributed by atoms with van der Waals surface area (Å²) in [6, 6.07) is 0. The van der Waals surface area contributed by atoms with E-state index in [-0.39, 0.29) is 0 Å². The molecule has 28 heavy (non-hydrogen) atoms. The topological polar surface area (TPSA) is 0 Å². The molecule has 0 aromatic carbocycles. The van der Waals surface area contributed by atoms with E-state index in [0.29, 0.717) is 0 Å². The van der Waals surface area contributed by atoms with Crippen molar-refractivity contribution in [1.82, 2.24) is 0 Å². The van der Waals surface area contributed by atoms with Crippen LogP contribution >= 0.6 is 19.6 Å². The Morgan fingerprint density at radius 2 is 0.500 bits per heavy atom. The van der Waals surface area contributed by atoms with Crippen LogP contribution in [0.3, 0.4) is 0 Å². The molecule has 0 fully saturated rings. The second kappa shape index (κ2) is 22.5. The van der Waals surface area contributed by atoms with Gasteiger partial charge < -0.3 is 0 Å². The van der Waals surface area contributed by atoms with E-state index in [2.05, 4.69) is 41.5 Å². The third-order valence-corrected chi connectivity index (χ3v) is 37.0. The fourth-order valence-corrected chi connectivity index (χ4v) is 31.8. The van der Waals surface area contributed by atoms with Gasteiger partial charge >= 0.3 is 199 Å². The van der Waals surface area contributed by atoms with Crippen LogP contribution in [0.1, 0.15) is 119 Å². The van der Waals surface area contributed by atoms with Crippen LogP contribution in [-0.4, -0.2) is 34.0 Å². The zero-order valence-electron chi connectivity index (χ0n) is 20.6. The van der Waals surface area contributed by atoms with E-state index >= 15 is 0 Å². The molecule has 0 heterocycles. The first kappa shape index (κ1) is 32.5. The van der Waals surface area contributed by atoms with Gasteiger partial charge in [0.15, 0.2) is 0 Å². The fraction of sp³-hybridized carbons (Fsp3) is 1.00. The molecule has 0 amide bonds. The van der Waals surface area contributed by atoms with E-state index in [1.165, 1.54) is 104 Å². The molecule has 0 radical (unpaired) electrons. The van der Waals surface area contributed by atoms with Crippen molar-refractivity contribution in [2.75, 3.05) is 0 Å². The first-order chi connectivity index (χ1) is 13.4.